The van der Waals surface area contributed by atoms with Crippen LogP contribution in [0.15, 0.2) is 0 Å². The molecule has 1 fully saturated rings. The Morgan fingerprint density at radius 2 is 1.80 bits per heavy atom. The van der Waals surface area contributed by atoms with Gasteiger partial charge in [-0.15, -0.1) is 0 Å². The lowest BCUT2D eigenvalue weighted by molar-refractivity contribution is 0.0213. The number of ether oxygens (including phenoxy) is 1. The molecular weight excluding hydrogens is 186 g/mol. The summed E-state index contributed by atoms with van der Waals surface area (Å²) in [4.78, 5) is 0. The van der Waals surface area contributed by atoms with E-state index >= 15 is 0 Å². The third-order valence-electron chi connectivity index (χ3n) is 3.83. The van der Waals surface area contributed by atoms with Gasteiger partial charge in [-0.25, -0.2) is 0 Å². The Morgan fingerprint density at radius 3 is 2.27 bits per heavy atom. The van der Waals surface area contributed by atoms with Crippen molar-refractivity contribution in [3.05, 3.63) is 0 Å². The van der Waals surface area contributed by atoms with E-state index in [-0.39, 0.29) is 0 Å². The van der Waals surface area contributed by atoms with Crippen LogP contribution >= 0.6 is 0 Å². The van der Waals surface area contributed by atoms with Gasteiger partial charge < -0.3 is 10.1 Å². The number of nitrogens with one attached hydrogen (secondary N) is 1. The molecule has 1 N–H and O–H groups in total. The van der Waals surface area contributed by atoms with Gasteiger partial charge in [-0.2, -0.15) is 0 Å². The molecule has 0 saturated carbocycles. The van der Waals surface area contributed by atoms with Crippen LogP contribution < -0.4 is 5.32 Å². The van der Waals surface area contributed by atoms with Crippen LogP contribution in [0.25, 0.3) is 0 Å². The van der Waals surface area contributed by atoms with Crippen molar-refractivity contribution in [3.8, 4) is 0 Å². The molecule has 0 amide bonds. The van der Waals surface area contributed by atoms with E-state index in [4.69, 9.17) is 4.74 Å². The topological polar surface area (TPSA) is 21.3 Å². The van der Waals surface area contributed by atoms with Crippen LogP contribution in [0, 0.1) is 10.8 Å². The van der Waals surface area contributed by atoms with Gasteiger partial charge in [0.2, 0.25) is 0 Å². The maximum atomic E-state index is 5.41. The minimum absolute atomic E-state index is 0.349. The Bertz CT molecular complexity index is 189. The predicted molar refractivity (Wildman–Crippen MR) is 65.1 cm³/mol. The van der Waals surface area contributed by atoms with Crippen LogP contribution in [0.4, 0.5) is 0 Å². The maximum absolute atomic E-state index is 5.41. The van der Waals surface area contributed by atoms with Crippen LogP contribution in [0.3, 0.4) is 0 Å². The van der Waals surface area contributed by atoms with Crippen molar-refractivity contribution in [1.82, 2.24) is 5.32 Å². The van der Waals surface area contributed by atoms with Gasteiger partial charge in [-0.1, -0.05) is 27.7 Å². The van der Waals surface area contributed by atoms with Crippen LogP contribution in [0.1, 0.15) is 47.5 Å². The van der Waals surface area contributed by atoms with E-state index in [1.807, 2.05) is 0 Å². The zero-order chi connectivity index (χ0) is 11.5. The quantitative estimate of drug-likeness (QED) is 0.778. The van der Waals surface area contributed by atoms with Crippen LogP contribution in [0.2, 0.25) is 0 Å². The molecule has 0 aromatic rings. The summed E-state index contributed by atoms with van der Waals surface area (Å²) in [6.07, 6.45) is 2.38. The molecule has 2 heteroatoms. The van der Waals surface area contributed by atoms with Gasteiger partial charge in [0.15, 0.2) is 0 Å². The second kappa shape index (κ2) is 4.84. The van der Waals surface area contributed by atoms with E-state index in [1.165, 1.54) is 12.8 Å². The zero-order valence-corrected chi connectivity index (χ0v) is 11.0. The molecule has 2 nitrogen and oxygen atoms in total. The van der Waals surface area contributed by atoms with Crippen LogP contribution in [-0.2, 0) is 4.74 Å². The average Bonchev–Trinajstić information content (AvgIpc) is 2.14. The second-order valence-corrected chi connectivity index (χ2v) is 6.39. The van der Waals surface area contributed by atoms with Gasteiger partial charge in [-0.3, -0.25) is 0 Å². The molecule has 0 spiro atoms. The third kappa shape index (κ3) is 4.12. The third-order valence-corrected chi connectivity index (χ3v) is 3.83. The Kier molecular flexibility index (Phi) is 4.19. The summed E-state index contributed by atoms with van der Waals surface area (Å²) in [7, 11) is 0. The molecule has 1 atom stereocenters. The fraction of sp³-hybridized carbons (Fsp3) is 1.00. The molecule has 1 unspecified atom stereocenters. The molecule has 90 valence electrons. The molecule has 1 saturated heterocycles. The predicted octanol–water partition coefficient (Wildman–Crippen LogP) is 2.83. The van der Waals surface area contributed by atoms with E-state index in [0.717, 1.165) is 19.8 Å². The first kappa shape index (κ1) is 13.0. The zero-order valence-electron chi connectivity index (χ0n) is 11.0. The first-order chi connectivity index (χ1) is 6.83. The number of hydrogen-bond donors (Lipinski definition) is 1. The number of hydrogen-bond acceptors (Lipinski definition) is 2. The maximum Gasteiger partial charge on any atom is 0.0471 e. The summed E-state index contributed by atoms with van der Waals surface area (Å²) >= 11 is 0. The molecule has 1 aliphatic rings. The SMILES string of the molecule is CC(NCC1(C)CCOCC1)C(C)(C)C. The molecule has 1 rings (SSSR count). The fourth-order valence-electron chi connectivity index (χ4n) is 1.75. The van der Waals surface area contributed by atoms with Crippen molar-refractivity contribution >= 4 is 0 Å². The lowest BCUT2D eigenvalue weighted by atomic mass is 9.81. The Balaban J connectivity index is 2.35. The highest BCUT2D eigenvalue weighted by Crippen LogP contribution is 2.29. The highest BCUT2D eigenvalue weighted by atomic mass is 16.5. The van der Waals surface area contributed by atoms with Crippen molar-refractivity contribution in [2.45, 2.75) is 53.5 Å². The lowest BCUT2D eigenvalue weighted by Crippen LogP contribution is -2.44. The fourth-order valence-corrected chi connectivity index (χ4v) is 1.75. The van der Waals surface area contributed by atoms with Crippen molar-refractivity contribution in [3.63, 3.8) is 0 Å². The minimum Gasteiger partial charge on any atom is -0.381 e. The summed E-state index contributed by atoms with van der Waals surface area (Å²) in [6, 6.07) is 0.567. The summed E-state index contributed by atoms with van der Waals surface area (Å²) in [6.45, 7) is 14.5. The molecule has 0 aromatic heterocycles. The highest BCUT2D eigenvalue weighted by Gasteiger charge is 2.29. The molecule has 0 radical (unpaired) electrons. The monoisotopic (exact) mass is 213 g/mol. The smallest absolute Gasteiger partial charge is 0.0471 e. The summed E-state index contributed by atoms with van der Waals surface area (Å²) in [5, 5.41) is 3.68. The van der Waals surface area contributed by atoms with E-state index in [9.17, 15) is 0 Å². The molecule has 0 bridgehead atoms. The van der Waals surface area contributed by atoms with E-state index in [1.54, 1.807) is 0 Å². The Labute approximate surface area is 94.8 Å². The summed E-state index contributed by atoms with van der Waals surface area (Å²) in [5.41, 5.74) is 0.791. The van der Waals surface area contributed by atoms with Crippen LogP contribution in [-0.4, -0.2) is 25.8 Å². The van der Waals surface area contributed by atoms with Crippen molar-refractivity contribution in [1.29, 1.82) is 0 Å². The standard InChI is InChI=1S/C13H27NO/c1-11(12(2,3)4)14-10-13(5)6-8-15-9-7-13/h11,14H,6-10H2,1-5H3. The van der Waals surface area contributed by atoms with Gasteiger partial charge in [0.1, 0.15) is 0 Å². The molecule has 1 heterocycles. The highest BCUT2D eigenvalue weighted by molar-refractivity contribution is 4.83. The van der Waals surface area contributed by atoms with Gasteiger partial charge in [0, 0.05) is 25.8 Å². The molecule has 0 aliphatic carbocycles. The van der Waals surface area contributed by atoms with Crippen molar-refractivity contribution in [2.75, 3.05) is 19.8 Å². The second-order valence-electron chi connectivity index (χ2n) is 6.39. The first-order valence-corrected chi connectivity index (χ1v) is 6.15. The lowest BCUT2D eigenvalue weighted by Gasteiger charge is -2.37. The Hall–Kier alpha value is -0.0800. The van der Waals surface area contributed by atoms with E-state index in [2.05, 4.69) is 39.9 Å². The summed E-state index contributed by atoms with van der Waals surface area (Å²) in [5.74, 6) is 0. The normalized spacial score (nSPS) is 23.8. The summed E-state index contributed by atoms with van der Waals surface area (Å²) < 4.78 is 5.41. The Morgan fingerprint density at radius 1 is 1.27 bits per heavy atom. The molecule has 1 aliphatic heterocycles. The number of rotatable bonds is 3. The van der Waals surface area contributed by atoms with Gasteiger partial charge in [0.05, 0.1) is 0 Å². The van der Waals surface area contributed by atoms with Gasteiger partial charge in [0.25, 0.3) is 0 Å². The van der Waals surface area contributed by atoms with Gasteiger partial charge >= 0.3 is 0 Å². The van der Waals surface area contributed by atoms with E-state index in [0.29, 0.717) is 16.9 Å². The molecular formula is C13H27NO. The van der Waals surface area contributed by atoms with Crippen LogP contribution in [0.5, 0.6) is 0 Å². The van der Waals surface area contributed by atoms with Gasteiger partial charge in [-0.05, 0) is 30.6 Å². The largest absolute Gasteiger partial charge is 0.381 e. The first-order valence-electron chi connectivity index (χ1n) is 6.15. The average molecular weight is 213 g/mol. The van der Waals surface area contributed by atoms with E-state index < -0.39 is 0 Å². The van der Waals surface area contributed by atoms with Crippen molar-refractivity contribution in [2.24, 2.45) is 10.8 Å². The van der Waals surface area contributed by atoms with Crippen molar-refractivity contribution < 1.29 is 4.74 Å². The molecule has 15 heavy (non-hydrogen) atoms. The minimum atomic E-state index is 0.349. The molecule has 0 aromatic carbocycles.